The molecule has 0 bridgehead atoms. The molecule has 0 atom stereocenters. The van der Waals surface area contributed by atoms with E-state index >= 15 is 0 Å². The van der Waals surface area contributed by atoms with Gasteiger partial charge in [-0.25, -0.2) is 0 Å². The number of aliphatic imine (C=N–C) groups is 1. The first-order valence-corrected chi connectivity index (χ1v) is 10.3. The first-order valence-electron chi connectivity index (χ1n) is 10.3. The molecule has 4 nitrogen and oxygen atoms in total. The van der Waals surface area contributed by atoms with Crippen molar-refractivity contribution in [1.29, 1.82) is 0 Å². The van der Waals surface area contributed by atoms with Gasteiger partial charge in [-0.15, -0.1) is 0 Å². The van der Waals surface area contributed by atoms with Crippen LogP contribution in [0.3, 0.4) is 0 Å². The smallest absolute Gasteiger partial charge is 0.134 e. The Morgan fingerprint density at radius 3 is 2.09 bits per heavy atom. The zero-order valence-electron chi connectivity index (χ0n) is 17.8. The quantitative estimate of drug-likeness (QED) is 0.204. The highest BCUT2D eigenvalue weighted by molar-refractivity contribution is 5.84. The van der Waals surface area contributed by atoms with Gasteiger partial charge in [0.25, 0.3) is 0 Å². The van der Waals surface area contributed by atoms with E-state index in [1.165, 1.54) is 0 Å². The minimum Gasteiger partial charge on any atom is -0.496 e. The average Bonchev–Trinajstić information content (AvgIpc) is 2.84. The van der Waals surface area contributed by atoms with Crippen LogP contribution >= 0.6 is 0 Å². The monoisotopic (exact) mass is 420 g/mol. The Hall–Kier alpha value is -4.31. The van der Waals surface area contributed by atoms with E-state index in [0.29, 0.717) is 17.2 Å². The third-order valence-corrected chi connectivity index (χ3v) is 4.89. The summed E-state index contributed by atoms with van der Waals surface area (Å²) in [5.41, 5.74) is 11.3. The van der Waals surface area contributed by atoms with Gasteiger partial charge in [-0.2, -0.15) is 0 Å². The van der Waals surface area contributed by atoms with Crippen LogP contribution in [0.1, 0.15) is 11.1 Å². The number of rotatable bonds is 7. The third-order valence-electron chi connectivity index (χ3n) is 4.89. The lowest BCUT2D eigenvalue weighted by molar-refractivity contribution is 0.416. The second-order valence-corrected chi connectivity index (χ2v) is 7.14. The lowest BCUT2D eigenvalue weighted by Crippen LogP contribution is -1.94. The molecular weight excluding hydrogens is 396 g/mol. The summed E-state index contributed by atoms with van der Waals surface area (Å²) in [6.45, 7) is 0. The Bertz CT molecular complexity index is 1230. The molecule has 2 N–H and O–H groups in total. The van der Waals surface area contributed by atoms with E-state index < -0.39 is 0 Å². The number of hydrogen-bond acceptors (Lipinski definition) is 4. The lowest BCUT2D eigenvalue weighted by atomic mass is 10.0. The number of benzene rings is 4. The molecule has 0 spiro atoms. The summed E-state index contributed by atoms with van der Waals surface area (Å²) < 4.78 is 11.6. The second kappa shape index (κ2) is 10.1. The fourth-order valence-corrected chi connectivity index (χ4v) is 3.29. The molecule has 4 rings (SSSR count). The van der Waals surface area contributed by atoms with Gasteiger partial charge in [-0.1, -0.05) is 60.7 Å². The van der Waals surface area contributed by atoms with Crippen molar-refractivity contribution in [2.24, 2.45) is 4.99 Å². The van der Waals surface area contributed by atoms with Crippen molar-refractivity contribution in [2.75, 3.05) is 12.8 Å². The summed E-state index contributed by atoms with van der Waals surface area (Å²) in [5, 5.41) is 0. The molecular formula is C28H24N2O2. The average molecular weight is 421 g/mol. The minimum absolute atomic E-state index is 0.643. The maximum atomic E-state index is 6.08. The Morgan fingerprint density at radius 2 is 1.38 bits per heavy atom. The second-order valence-electron chi connectivity index (χ2n) is 7.14. The van der Waals surface area contributed by atoms with E-state index in [-0.39, 0.29) is 0 Å². The number of hydrogen-bond donors (Lipinski definition) is 1. The standard InChI is InChI=1S/C28H24N2O2/c1-31-27-14-12-23(29)18-25(27)26-19-24(30-20-22-10-6-3-7-11-22)13-15-28(26)32-17-16-21-8-4-2-5-9-21/h2-20H,29H2,1H3/b17-16+,30-20?. The molecule has 4 heteroatoms. The van der Waals surface area contributed by atoms with Crippen LogP contribution in [0.15, 0.2) is 108 Å². The molecule has 0 saturated carbocycles. The van der Waals surface area contributed by atoms with Gasteiger partial charge in [-0.05, 0) is 53.6 Å². The van der Waals surface area contributed by atoms with Crippen LogP contribution in [0.2, 0.25) is 0 Å². The first kappa shape index (κ1) is 20.9. The minimum atomic E-state index is 0.643. The zero-order chi connectivity index (χ0) is 22.2. The number of anilines is 1. The van der Waals surface area contributed by atoms with E-state index in [9.17, 15) is 0 Å². The number of nitrogen functional groups attached to an aromatic ring is 1. The molecule has 0 amide bonds. The molecule has 0 aliphatic rings. The molecule has 0 fully saturated rings. The van der Waals surface area contributed by atoms with Gasteiger partial charge in [0.05, 0.1) is 19.1 Å². The van der Waals surface area contributed by atoms with Gasteiger partial charge in [0.15, 0.2) is 0 Å². The van der Waals surface area contributed by atoms with Crippen molar-refractivity contribution >= 4 is 23.7 Å². The Kier molecular flexibility index (Phi) is 6.63. The Morgan fingerprint density at radius 1 is 0.719 bits per heavy atom. The normalized spacial score (nSPS) is 11.2. The van der Waals surface area contributed by atoms with Crippen LogP contribution < -0.4 is 15.2 Å². The van der Waals surface area contributed by atoms with Gasteiger partial charge >= 0.3 is 0 Å². The van der Waals surface area contributed by atoms with Crippen LogP contribution in [0.4, 0.5) is 11.4 Å². The van der Waals surface area contributed by atoms with E-state index in [2.05, 4.69) is 4.99 Å². The van der Waals surface area contributed by atoms with Gasteiger partial charge in [0.1, 0.15) is 11.5 Å². The largest absolute Gasteiger partial charge is 0.496 e. The zero-order valence-corrected chi connectivity index (χ0v) is 17.8. The highest BCUT2D eigenvalue weighted by Gasteiger charge is 2.13. The summed E-state index contributed by atoms with van der Waals surface area (Å²) in [6, 6.07) is 31.3. The molecule has 0 aromatic heterocycles. The highest BCUT2D eigenvalue weighted by Crippen LogP contribution is 2.40. The maximum Gasteiger partial charge on any atom is 0.134 e. The molecule has 0 aliphatic heterocycles. The van der Waals surface area contributed by atoms with Gasteiger partial charge in [-0.3, -0.25) is 4.99 Å². The van der Waals surface area contributed by atoms with Crippen molar-refractivity contribution in [3.8, 4) is 22.6 Å². The Balaban J connectivity index is 1.71. The molecule has 32 heavy (non-hydrogen) atoms. The van der Waals surface area contributed by atoms with E-state index in [1.54, 1.807) is 13.4 Å². The molecule has 0 aliphatic carbocycles. The molecule has 0 saturated heterocycles. The molecule has 0 unspecified atom stereocenters. The molecule has 0 radical (unpaired) electrons. The first-order chi connectivity index (χ1) is 15.7. The van der Waals surface area contributed by atoms with E-state index in [1.807, 2.05) is 109 Å². The van der Waals surface area contributed by atoms with Crippen molar-refractivity contribution in [3.63, 3.8) is 0 Å². The predicted octanol–water partition coefficient (Wildman–Crippen LogP) is 6.74. The van der Waals surface area contributed by atoms with Gasteiger partial charge in [0, 0.05) is 23.0 Å². The third kappa shape index (κ3) is 5.24. The maximum absolute atomic E-state index is 6.08. The van der Waals surface area contributed by atoms with E-state index in [4.69, 9.17) is 15.2 Å². The highest BCUT2D eigenvalue weighted by atomic mass is 16.5. The van der Waals surface area contributed by atoms with Gasteiger partial charge in [0.2, 0.25) is 0 Å². The summed E-state index contributed by atoms with van der Waals surface area (Å²) in [7, 11) is 1.64. The van der Waals surface area contributed by atoms with Crippen LogP contribution in [-0.4, -0.2) is 13.3 Å². The van der Waals surface area contributed by atoms with E-state index in [0.717, 1.165) is 27.9 Å². The molecule has 0 heterocycles. The topological polar surface area (TPSA) is 56.8 Å². The van der Waals surface area contributed by atoms with Crippen molar-refractivity contribution in [2.45, 2.75) is 0 Å². The molecule has 4 aromatic rings. The number of nitrogens with two attached hydrogens (primary N) is 1. The summed E-state index contributed by atoms with van der Waals surface area (Å²) in [6.07, 6.45) is 5.44. The van der Waals surface area contributed by atoms with Crippen LogP contribution in [0.25, 0.3) is 17.2 Å². The van der Waals surface area contributed by atoms with Crippen molar-refractivity contribution in [1.82, 2.24) is 0 Å². The number of ether oxygens (including phenoxy) is 2. The lowest BCUT2D eigenvalue weighted by Gasteiger charge is -2.14. The number of methoxy groups -OCH3 is 1. The SMILES string of the molecule is COc1ccc(N)cc1-c1cc(N=Cc2ccccc2)ccc1O/C=C/c1ccccc1. The van der Waals surface area contributed by atoms with Crippen LogP contribution in [-0.2, 0) is 0 Å². The predicted molar refractivity (Wildman–Crippen MR) is 133 cm³/mol. The summed E-state index contributed by atoms with van der Waals surface area (Å²) in [5.74, 6) is 1.39. The molecule has 4 aromatic carbocycles. The Labute approximate surface area is 188 Å². The number of nitrogens with zero attached hydrogens (tertiary/aromatic N) is 1. The van der Waals surface area contributed by atoms with Crippen molar-refractivity contribution < 1.29 is 9.47 Å². The van der Waals surface area contributed by atoms with Crippen LogP contribution in [0, 0.1) is 0 Å². The fourth-order valence-electron chi connectivity index (χ4n) is 3.29. The van der Waals surface area contributed by atoms with Crippen LogP contribution in [0.5, 0.6) is 11.5 Å². The summed E-state index contributed by atoms with van der Waals surface area (Å²) >= 11 is 0. The molecule has 158 valence electrons. The van der Waals surface area contributed by atoms with Crippen molar-refractivity contribution in [3.05, 3.63) is 114 Å². The fraction of sp³-hybridized carbons (Fsp3) is 0.0357. The summed E-state index contributed by atoms with van der Waals surface area (Å²) in [4.78, 5) is 4.64. The van der Waals surface area contributed by atoms with Gasteiger partial charge < -0.3 is 15.2 Å².